The molecule has 0 saturated heterocycles. The standard InChI is InChI=1S/C25H33BrFN3O4S/c1-18(2)16-28-25(32)19(3)29(17-20-7-9-21(26)10-8-20)24(31)6-5-15-30(35(4,33)34)23-13-11-22(27)12-14-23/h7-14,18-19H,5-6,15-17H2,1-4H3,(H,28,32)/t19-/m1/s1. The third-order valence-electron chi connectivity index (χ3n) is 5.38. The van der Waals surface area contributed by atoms with E-state index in [1.54, 1.807) is 6.92 Å². The van der Waals surface area contributed by atoms with Crippen molar-refractivity contribution in [1.82, 2.24) is 10.2 Å². The van der Waals surface area contributed by atoms with Gasteiger partial charge in [0.25, 0.3) is 0 Å². The molecule has 10 heteroatoms. The fourth-order valence-corrected chi connectivity index (χ4v) is 4.66. The first-order valence-electron chi connectivity index (χ1n) is 11.4. The van der Waals surface area contributed by atoms with Gasteiger partial charge in [-0.1, -0.05) is 41.9 Å². The average Bonchev–Trinajstić information content (AvgIpc) is 2.79. The van der Waals surface area contributed by atoms with E-state index in [1.807, 2.05) is 38.1 Å². The van der Waals surface area contributed by atoms with Gasteiger partial charge in [0.15, 0.2) is 0 Å². The van der Waals surface area contributed by atoms with Gasteiger partial charge < -0.3 is 10.2 Å². The highest BCUT2D eigenvalue weighted by molar-refractivity contribution is 9.10. The van der Waals surface area contributed by atoms with Gasteiger partial charge in [0.2, 0.25) is 21.8 Å². The van der Waals surface area contributed by atoms with E-state index in [9.17, 15) is 22.4 Å². The second kappa shape index (κ2) is 13.0. The average molecular weight is 571 g/mol. The largest absolute Gasteiger partial charge is 0.354 e. The maximum atomic E-state index is 13.3. The molecule has 1 atom stereocenters. The third kappa shape index (κ3) is 9.25. The van der Waals surface area contributed by atoms with Crippen molar-refractivity contribution in [2.45, 2.75) is 46.2 Å². The number of anilines is 1. The van der Waals surface area contributed by atoms with E-state index in [4.69, 9.17) is 0 Å². The number of carbonyl (C=O) groups is 2. The van der Waals surface area contributed by atoms with E-state index in [0.29, 0.717) is 12.2 Å². The summed E-state index contributed by atoms with van der Waals surface area (Å²) in [6.07, 6.45) is 1.35. The molecule has 2 rings (SSSR count). The van der Waals surface area contributed by atoms with Crippen molar-refractivity contribution in [3.05, 3.63) is 64.4 Å². The molecule has 2 amide bonds. The van der Waals surface area contributed by atoms with Crippen molar-refractivity contribution >= 4 is 43.5 Å². The molecule has 2 aromatic carbocycles. The van der Waals surface area contributed by atoms with E-state index < -0.39 is 21.9 Å². The summed E-state index contributed by atoms with van der Waals surface area (Å²) in [5.74, 6) is -0.693. The van der Waals surface area contributed by atoms with Gasteiger partial charge in [-0.2, -0.15) is 0 Å². The lowest BCUT2D eigenvalue weighted by atomic mass is 10.1. The maximum absolute atomic E-state index is 13.3. The second-order valence-electron chi connectivity index (χ2n) is 8.88. The lowest BCUT2D eigenvalue weighted by molar-refractivity contribution is -0.140. The predicted octanol–water partition coefficient (Wildman–Crippen LogP) is 4.32. The molecule has 35 heavy (non-hydrogen) atoms. The Morgan fingerprint density at radius 3 is 2.17 bits per heavy atom. The van der Waals surface area contributed by atoms with Crippen molar-refractivity contribution in [3.8, 4) is 0 Å². The molecule has 0 bridgehead atoms. The summed E-state index contributed by atoms with van der Waals surface area (Å²) < 4.78 is 39.9. The van der Waals surface area contributed by atoms with Crippen molar-refractivity contribution in [1.29, 1.82) is 0 Å². The fraction of sp³-hybridized carbons (Fsp3) is 0.440. The Balaban J connectivity index is 2.14. The highest BCUT2D eigenvalue weighted by Crippen LogP contribution is 2.20. The van der Waals surface area contributed by atoms with Crippen LogP contribution in [0.2, 0.25) is 0 Å². The van der Waals surface area contributed by atoms with Crippen molar-refractivity contribution in [2.75, 3.05) is 23.7 Å². The summed E-state index contributed by atoms with van der Waals surface area (Å²) in [5.41, 5.74) is 1.20. The molecular weight excluding hydrogens is 537 g/mol. The minimum Gasteiger partial charge on any atom is -0.354 e. The maximum Gasteiger partial charge on any atom is 0.242 e. The molecule has 0 aliphatic rings. The summed E-state index contributed by atoms with van der Waals surface area (Å²) in [6.45, 7) is 6.47. The number of carbonyl (C=O) groups excluding carboxylic acids is 2. The van der Waals surface area contributed by atoms with Gasteiger partial charge in [0, 0.05) is 30.5 Å². The van der Waals surface area contributed by atoms with Crippen LogP contribution < -0.4 is 9.62 Å². The number of hydrogen-bond acceptors (Lipinski definition) is 4. The van der Waals surface area contributed by atoms with Crippen molar-refractivity contribution in [3.63, 3.8) is 0 Å². The molecule has 0 aliphatic heterocycles. The van der Waals surface area contributed by atoms with E-state index in [0.717, 1.165) is 20.6 Å². The summed E-state index contributed by atoms with van der Waals surface area (Å²) in [5, 5.41) is 2.87. The van der Waals surface area contributed by atoms with E-state index in [-0.39, 0.29) is 43.7 Å². The molecule has 0 aromatic heterocycles. The smallest absolute Gasteiger partial charge is 0.242 e. The Bertz CT molecular complexity index is 1090. The van der Waals surface area contributed by atoms with Crippen LogP contribution in [0.1, 0.15) is 39.2 Å². The van der Waals surface area contributed by atoms with Gasteiger partial charge in [-0.3, -0.25) is 13.9 Å². The Kier molecular flexibility index (Phi) is 10.7. The molecule has 0 saturated carbocycles. The second-order valence-corrected chi connectivity index (χ2v) is 11.7. The zero-order valence-electron chi connectivity index (χ0n) is 20.5. The van der Waals surface area contributed by atoms with Crippen LogP contribution in [-0.4, -0.2) is 50.5 Å². The first-order valence-corrected chi connectivity index (χ1v) is 14.1. The molecule has 0 heterocycles. The monoisotopic (exact) mass is 569 g/mol. The van der Waals surface area contributed by atoms with Crippen LogP contribution in [0.4, 0.5) is 10.1 Å². The van der Waals surface area contributed by atoms with Crippen LogP contribution in [0.3, 0.4) is 0 Å². The number of rotatable bonds is 12. The molecule has 0 aliphatic carbocycles. The first-order chi connectivity index (χ1) is 16.4. The molecule has 2 aromatic rings. The Labute approximate surface area is 215 Å². The molecular formula is C25H33BrFN3O4S. The Hall–Kier alpha value is -2.46. The van der Waals surface area contributed by atoms with E-state index in [1.165, 1.54) is 29.2 Å². The number of sulfonamides is 1. The van der Waals surface area contributed by atoms with Gasteiger partial charge in [0.05, 0.1) is 11.9 Å². The number of nitrogens with zero attached hydrogens (tertiary/aromatic N) is 2. The fourth-order valence-electron chi connectivity index (χ4n) is 3.43. The number of nitrogens with one attached hydrogen (secondary N) is 1. The minimum atomic E-state index is -3.63. The lowest BCUT2D eigenvalue weighted by Crippen LogP contribution is -2.48. The molecule has 0 radical (unpaired) electrons. The van der Waals surface area contributed by atoms with E-state index >= 15 is 0 Å². The van der Waals surface area contributed by atoms with Gasteiger partial charge >= 0.3 is 0 Å². The quantitative estimate of drug-likeness (QED) is 0.412. The minimum absolute atomic E-state index is 0.0472. The van der Waals surface area contributed by atoms with Gasteiger partial charge in [-0.05, 0) is 61.2 Å². The normalized spacial score (nSPS) is 12.3. The third-order valence-corrected chi connectivity index (χ3v) is 7.11. The molecule has 0 spiro atoms. The predicted molar refractivity (Wildman–Crippen MR) is 140 cm³/mol. The molecule has 1 N–H and O–H groups in total. The zero-order valence-corrected chi connectivity index (χ0v) is 22.9. The summed E-state index contributed by atoms with van der Waals surface area (Å²) in [6, 6.07) is 12.0. The van der Waals surface area contributed by atoms with Gasteiger partial charge in [0.1, 0.15) is 11.9 Å². The van der Waals surface area contributed by atoms with Crippen LogP contribution in [-0.2, 0) is 26.2 Å². The van der Waals surface area contributed by atoms with Crippen LogP contribution in [0.15, 0.2) is 53.0 Å². The van der Waals surface area contributed by atoms with Crippen molar-refractivity contribution < 1.29 is 22.4 Å². The SMILES string of the molecule is CC(C)CNC(=O)[C@@H](C)N(Cc1ccc(Br)cc1)C(=O)CCCN(c1ccc(F)cc1)S(C)(=O)=O. The van der Waals surface area contributed by atoms with Crippen LogP contribution >= 0.6 is 15.9 Å². The highest BCUT2D eigenvalue weighted by Gasteiger charge is 2.26. The number of hydrogen-bond donors (Lipinski definition) is 1. The van der Waals surface area contributed by atoms with Crippen LogP contribution in [0, 0.1) is 11.7 Å². The Morgan fingerprint density at radius 2 is 1.63 bits per heavy atom. The first kappa shape index (κ1) is 28.8. The number of halogens is 2. The van der Waals surface area contributed by atoms with E-state index in [2.05, 4.69) is 21.2 Å². The van der Waals surface area contributed by atoms with Crippen LogP contribution in [0.25, 0.3) is 0 Å². The molecule has 0 fully saturated rings. The topological polar surface area (TPSA) is 86.8 Å². The molecule has 7 nitrogen and oxygen atoms in total. The highest BCUT2D eigenvalue weighted by atomic mass is 79.9. The molecule has 0 unspecified atom stereocenters. The summed E-state index contributed by atoms with van der Waals surface area (Å²) >= 11 is 3.39. The number of benzene rings is 2. The molecule has 192 valence electrons. The van der Waals surface area contributed by atoms with Crippen LogP contribution in [0.5, 0.6) is 0 Å². The number of amides is 2. The van der Waals surface area contributed by atoms with Gasteiger partial charge in [-0.25, -0.2) is 12.8 Å². The zero-order chi connectivity index (χ0) is 26.2. The Morgan fingerprint density at radius 1 is 1.03 bits per heavy atom. The summed E-state index contributed by atoms with van der Waals surface area (Å²) in [7, 11) is -3.63. The summed E-state index contributed by atoms with van der Waals surface area (Å²) in [4.78, 5) is 27.5. The van der Waals surface area contributed by atoms with Crippen molar-refractivity contribution in [2.24, 2.45) is 5.92 Å². The van der Waals surface area contributed by atoms with Gasteiger partial charge in [-0.15, -0.1) is 0 Å². The lowest BCUT2D eigenvalue weighted by Gasteiger charge is -2.29.